The fourth-order valence-electron chi connectivity index (χ4n) is 1.81. The lowest BCUT2D eigenvalue weighted by Gasteiger charge is -2.38. The van der Waals surface area contributed by atoms with E-state index in [1.807, 2.05) is 12.1 Å². The second-order valence-corrected chi connectivity index (χ2v) is 3.96. The first-order valence-electron chi connectivity index (χ1n) is 4.98. The van der Waals surface area contributed by atoms with Crippen LogP contribution in [0.4, 0.5) is 0 Å². The molecule has 0 saturated carbocycles. The molecule has 1 aliphatic heterocycles. The molecule has 1 fully saturated rings. The van der Waals surface area contributed by atoms with Crippen molar-refractivity contribution in [2.45, 2.75) is 6.54 Å². The van der Waals surface area contributed by atoms with Crippen molar-refractivity contribution in [1.82, 2.24) is 4.90 Å². The highest BCUT2D eigenvalue weighted by atomic mass is 16.3. The first-order valence-corrected chi connectivity index (χ1v) is 4.98. The lowest BCUT2D eigenvalue weighted by atomic mass is 10.00. The number of hydrogen-bond acceptors (Lipinski definition) is 3. The van der Waals surface area contributed by atoms with Gasteiger partial charge in [0.2, 0.25) is 0 Å². The topological polar surface area (TPSA) is 49.5 Å². The fraction of sp³-hybridized carbons (Fsp3) is 0.455. The zero-order chi connectivity index (χ0) is 9.97. The molecular weight excluding hydrogens is 176 g/mol. The maximum absolute atomic E-state index is 9.11. The van der Waals surface area contributed by atoms with Gasteiger partial charge in [-0.25, -0.2) is 0 Å². The smallest absolute Gasteiger partial charge is 0.115 e. The molecule has 0 unspecified atom stereocenters. The molecule has 1 heterocycles. The molecular formula is C11H16N2O. The van der Waals surface area contributed by atoms with E-state index in [2.05, 4.69) is 4.90 Å². The molecule has 0 radical (unpaired) electrons. The van der Waals surface area contributed by atoms with Gasteiger partial charge >= 0.3 is 0 Å². The standard InChI is InChI=1S/C11H16N2O/c12-5-10-7-13(8-10)6-9-1-3-11(14)4-2-9/h1-4,10,14H,5-8,12H2. The van der Waals surface area contributed by atoms with E-state index in [1.165, 1.54) is 5.56 Å². The molecule has 0 atom stereocenters. The molecule has 1 aromatic carbocycles. The van der Waals surface area contributed by atoms with Crippen LogP contribution in [0.1, 0.15) is 5.56 Å². The van der Waals surface area contributed by atoms with Crippen LogP contribution in [0.15, 0.2) is 24.3 Å². The van der Waals surface area contributed by atoms with E-state index in [9.17, 15) is 0 Å². The van der Waals surface area contributed by atoms with Crippen molar-refractivity contribution < 1.29 is 5.11 Å². The van der Waals surface area contributed by atoms with Crippen LogP contribution in [0.5, 0.6) is 5.75 Å². The SMILES string of the molecule is NCC1CN(Cc2ccc(O)cc2)C1. The van der Waals surface area contributed by atoms with Crippen molar-refractivity contribution >= 4 is 0 Å². The van der Waals surface area contributed by atoms with E-state index in [0.29, 0.717) is 11.7 Å². The Balaban J connectivity index is 1.84. The van der Waals surface area contributed by atoms with Crippen LogP contribution in [-0.2, 0) is 6.54 Å². The average Bonchev–Trinajstić information content (AvgIpc) is 2.13. The Morgan fingerprint density at radius 3 is 2.50 bits per heavy atom. The molecule has 1 saturated heterocycles. The molecule has 76 valence electrons. The summed E-state index contributed by atoms with van der Waals surface area (Å²) in [6, 6.07) is 7.39. The van der Waals surface area contributed by atoms with Gasteiger partial charge in [-0.15, -0.1) is 0 Å². The number of phenols is 1. The number of hydrogen-bond donors (Lipinski definition) is 2. The molecule has 1 aromatic rings. The predicted molar refractivity (Wildman–Crippen MR) is 55.9 cm³/mol. The molecule has 14 heavy (non-hydrogen) atoms. The number of phenolic OH excluding ortho intramolecular Hbond substituents is 1. The van der Waals surface area contributed by atoms with Gasteiger partial charge in [-0.2, -0.15) is 0 Å². The summed E-state index contributed by atoms with van der Waals surface area (Å²) in [6.07, 6.45) is 0. The van der Waals surface area contributed by atoms with E-state index >= 15 is 0 Å². The molecule has 0 amide bonds. The van der Waals surface area contributed by atoms with Crippen LogP contribution in [0.2, 0.25) is 0 Å². The maximum atomic E-state index is 9.11. The predicted octanol–water partition coefficient (Wildman–Crippen LogP) is 0.783. The Kier molecular flexibility index (Phi) is 2.70. The molecule has 3 heteroatoms. The van der Waals surface area contributed by atoms with Crippen molar-refractivity contribution in [3.8, 4) is 5.75 Å². The molecule has 2 rings (SSSR count). The van der Waals surface area contributed by atoms with E-state index in [1.54, 1.807) is 12.1 Å². The van der Waals surface area contributed by atoms with Gasteiger partial charge in [0.15, 0.2) is 0 Å². The zero-order valence-electron chi connectivity index (χ0n) is 8.19. The minimum atomic E-state index is 0.331. The van der Waals surface area contributed by atoms with Gasteiger partial charge in [0.25, 0.3) is 0 Å². The van der Waals surface area contributed by atoms with Crippen LogP contribution in [0, 0.1) is 5.92 Å². The Hall–Kier alpha value is -1.06. The third-order valence-electron chi connectivity index (χ3n) is 2.71. The van der Waals surface area contributed by atoms with Gasteiger partial charge in [-0.3, -0.25) is 4.90 Å². The first-order chi connectivity index (χ1) is 6.78. The highest BCUT2D eigenvalue weighted by Gasteiger charge is 2.24. The number of aromatic hydroxyl groups is 1. The van der Waals surface area contributed by atoms with Crippen molar-refractivity contribution in [3.63, 3.8) is 0 Å². The van der Waals surface area contributed by atoms with Crippen LogP contribution >= 0.6 is 0 Å². The number of nitrogens with two attached hydrogens (primary N) is 1. The Morgan fingerprint density at radius 1 is 1.29 bits per heavy atom. The summed E-state index contributed by atoms with van der Waals surface area (Å²) in [5.41, 5.74) is 6.80. The monoisotopic (exact) mass is 192 g/mol. The summed E-state index contributed by atoms with van der Waals surface area (Å²) in [6.45, 7) is 3.98. The molecule has 3 nitrogen and oxygen atoms in total. The summed E-state index contributed by atoms with van der Waals surface area (Å²) < 4.78 is 0. The lowest BCUT2D eigenvalue weighted by Crippen LogP contribution is -2.49. The molecule has 3 N–H and O–H groups in total. The van der Waals surface area contributed by atoms with E-state index in [-0.39, 0.29) is 0 Å². The number of rotatable bonds is 3. The Morgan fingerprint density at radius 2 is 1.93 bits per heavy atom. The molecule has 0 aliphatic carbocycles. The second kappa shape index (κ2) is 3.98. The van der Waals surface area contributed by atoms with Crippen LogP contribution < -0.4 is 5.73 Å². The summed E-state index contributed by atoms with van der Waals surface area (Å²) in [5, 5.41) is 9.11. The fourth-order valence-corrected chi connectivity index (χ4v) is 1.81. The highest BCUT2D eigenvalue weighted by Crippen LogP contribution is 2.18. The number of likely N-dealkylation sites (tertiary alicyclic amines) is 1. The first kappa shape index (κ1) is 9.49. The quantitative estimate of drug-likeness (QED) is 0.744. The third-order valence-corrected chi connectivity index (χ3v) is 2.71. The van der Waals surface area contributed by atoms with Crippen LogP contribution in [-0.4, -0.2) is 29.6 Å². The largest absolute Gasteiger partial charge is 0.508 e. The lowest BCUT2D eigenvalue weighted by molar-refractivity contribution is 0.0979. The van der Waals surface area contributed by atoms with Gasteiger partial charge in [0, 0.05) is 19.6 Å². The van der Waals surface area contributed by atoms with Gasteiger partial charge in [0.1, 0.15) is 5.75 Å². The number of nitrogens with zero attached hydrogens (tertiary/aromatic N) is 1. The molecule has 0 bridgehead atoms. The zero-order valence-corrected chi connectivity index (χ0v) is 8.19. The summed E-state index contributed by atoms with van der Waals surface area (Å²) in [5.74, 6) is 1.02. The van der Waals surface area contributed by atoms with Crippen molar-refractivity contribution in [2.24, 2.45) is 11.7 Å². The second-order valence-electron chi connectivity index (χ2n) is 3.96. The van der Waals surface area contributed by atoms with Crippen molar-refractivity contribution in [3.05, 3.63) is 29.8 Å². The Labute approximate surface area is 84.1 Å². The highest BCUT2D eigenvalue weighted by molar-refractivity contribution is 5.25. The van der Waals surface area contributed by atoms with Gasteiger partial charge in [0.05, 0.1) is 0 Å². The number of benzene rings is 1. The van der Waals surface area contributed by atoms with Gasteiger partial charge in [-0.1, -0.05) is 12.1 Å². The third kappa shape index (κ3) is 2.05. The van der Waals surface area contributed by atoms with E-state index in [0.717, 1.165) is 26.2 Å². The van der Waals surface area contributed by atoms with Crippen LogP contribution in [0.25, 0.3) is 0 Å². The average molecular weight is 192 g/mol. The van der Waals surface area contributed by atoms with Crippen molar-refractivity contribution in [2.75, 3.05) is 19.6 Å². The molecule has 0 spiro atoms. The minimum absolute atomic E-state index is 0.331. The van der Waals surface area contributed by atoms with Gasteiger partial charge in [-0.05, 0) is 30.2 Å². The minimum Gasteiger partial charge on any atom is -0.508 e. The maximum Gasteiger partial charge on any atom is 0.115 e. The normalized spacial score (nSPS) is 18.1. The summed E-state index contributed by atoms with van der Waals surface area (Å²) >= 11 is 0. The van der Waals surface area contributed by atoms with Crippen molar-refractivity contribution in [1.29, 1.82) is 0 Å². The Bertz CT molecular complexity index is 291. The summed E-state index contributed by atoms with van der Waals surface area (Å²) in [4.78, 5) is 2.36. The van der Waals surface area contributed by atoms with E-state index in [4.69, 9.17) is 10.8 Å². The van der Waals surface area contributed by atoms with Gasteiger partial charge < -0.3 is 10.8 Å². The summed E-state index contributed by atoms with van der Waals surface area (Å²) in [7, 11) is 0. The molecule has 0 aromatic heterocycles. The van der Waals surface area contributed by atoms with E-state index < -0.39 is 0 Å². The molecule has 1 aliphatic rings. The van der Waals surface area contributed by atoms with Crippen LogP contribution in [0.3, 0.4) is 0 Å².